The molecule has 0 bridgehead atoms. The first-order valence-corrected chi connectivity index (χ1v) is 11.4. The first-order valence-electron chi connectivity index (χ1n) is 10.0. The first-order chi connectivity index (χ1) is 14.3. The van der Waals surface area contributed by atoms with Crippen LogP contribution < -0.4 is 14.8 Å². The molecule has 1 amide bonds. The Balaban J connectivity index is 1.88. The Labute approximate surface area is 178 Å². The molecule has 0 aliphatic carbocycles. The maximum absolute atomic E-state index is 13.4. The third-order valence-electron chi connectivity index (χ3n) is 5.06. The quantitative estimate of drug-likeness (QED) is 0.693. The van der Waals surface area contributed by atoms with Crippen LogP contribution in [-0.4, -0.2) is 44.4 Å². The average molecular weight is 433 g/mol. The van der Waals surface area contributed by atoms with E-state index in [1.807, 2.05) is 51.1 Å². The number of benzene rings is 2. The van der Waals surface area contributed by atoms with Gasteiger partial charge in [-0.25, -0.2) is 8.42 Å². The summed E-state index contributed by atoms with van der Waals surface area (Å²) in [5.41, 5.74) is 0.795. The zero-order valence-corrected chi connectivity index (χ0v) is 18.3. The molecule has 30 heavy (non-hydrogen) atoms. The minimum Gasteiger partial charge on any atom is -0.486 e. The summed E-state index contributed by atoms with van der Waals surface area (Å²) < 4.78 is 39.1. The number of ether oxygens (including phenoxy) is 2. The maximum atomic E-state index is 13.4. The number of hydrogen-bond acceptors (Lipinski definition) is 5. The molecule has 0 saturated heterocycles. The van der Waals surface area contributed by atoms with Crippen LogP contribution in [0.2, 0.25) is 0 Å². The van der Waals surface area contributed by atoms with E-state index in [4.69, 9.17) is 9.47 Å². The van der Waals surface area contributed by atoms with Gasteiger partial charge in [0.25, 0.3) is 0 Å². The van der Waals surface area contributed by atoms with E-state index in [1.165, 1.54) is 16.4 Å². The van der Waals surface area contributed by atoms with Gasteiger partial charge in [0.1, 0.15) is 13.2 Å². The van der Waals surface area contributed by atoms with Crippen LogP contribution in [0, 0.1) is 5.92 Å². The summed E-state index contributed by atoms with van der Waals surface area (Å²) in [6.45, 7) is 6.49. The molecular weight excluding hydrogens is 404 g/mol. The molecule has 2 aromatic carbocycles. The van der Waals surface area contributed by atoms with Crippen LogP contribution >= 0.6 is 0 Å². The van der Waals surface area contributed by atoms with Gasteiger partial charge in [0.05, 0.1) is 11.4 Å². The van der Waals surface area contributed by atoms with Crippen molar-refractivity contribution in [2.24, 2.45) is 5.92 Å². The number of nitrogens with one attached hydrogen (secondary N) is 1. The van der Waals surface area contributed by atoms with E-state index in [0.717, 1.165) is 5.56 Å². The Bertz CT molecular complexity index is 976. The van der Waals surface area contributed by atoms with Crippen molar-refractivity contribution >= 4 is 15.9 Å². The molecule has 1 atom stereocenters. The molecule has 0 fully saturated rings. The molecule has 2 aromatic rings. The van der Waals surface area contributed by atoms with Gasteiger partial charge in [-0.15, -0.1) is 0 Å². The van der Waals surface area contributed by atoms with Gasteiger partial charge in [-0.2, -0.15) is 4.31 Å². The number of hydrogen-bond donors (Lipinski definition) is 1. The molecule has 0 saturated carbocycles. The van der Waals surface area contributed by atoms with Gasteiger partial charge in [0, 0.05) is 18.7 Å². The van der Waals surface area contributed by atoms with Crippen molar-refractivity contribution in [3.05, 3.63) is 54.1 Å². The Kier molecular flexibility index (Phi) is 6.99. The van der Waals surface area contributed by atoms with Crippen molar-refractivity contribution in [1.82, 2.24) is 9.62 Å². The van der Waals surface area contributed by atoms with Crippen LogP contribution in [0.3, 0.4) is 0 Å². The Morgan fingerprint density at radius 2 is 1.70 bits per heavy atom. The monoisotopic (exact) mass is 432 g/mol. The van der Waals surface area contributed by atoms with Crippen molar-refractivity contribution in [2.75, 3.05) is 19.8 Å². The van der Waals surface area contributed by atoms with Crippen LogP contribution in [0.15, 0.2) is 53.4 Å². The van der Waals surface area contributed by atoms with E-state index < -0.39 is 10.0 Å². The molecule has 1 aliphatic heterocycles. The zero-order valence-electron chi connectivity index (χ0n) is 17.5. The highest BCUT2D eigenvalue weighted by Gasteiger charge is 2.29. The lowest BCUT2D eigenvalue weighted by molar-refractivity contribution is -0.122. The second-order valence-electron chi connectivity index (χ2n) is 7.66. The number of rotatable bonds is 8. The topological polar surface area (TPSA) is 84.9 Å². The fourth-order valence-corrected chi connectivity index (χ4v) is 4.37. The molecule has 3 rings (SSSR count). The number of carbonyl (C=O) groups is 1. The van der Waals surface area contributed by atoms with Gasteiger partial charge < -0.3 is 14.8 Å². The molecule has 0 spiro atoms. The summed E-state index contributed by atoms with van der Waals surface area (Å²) in [6.07, 6.45) is 0. The number of carbonyl (C=O) groups excluding carboxylic acids is 1. The second kappa shape index (κ2) is 9.49. The van der Waals surface area contributed by atoms with Crippen LogP contribution in [0.4, 0.5) is 0 Å². The summed E-state index contributed by atoms with van der Waals surface area (Å²) in [5.74, 6) is 0.803. The van der Waals surface area contributed by atoms with Gasteiger partial charge in [0.2, 0.25) is 15.9 Å². The molecule has 1 N–H and O–H groups in total. The lowest BCUT2D eigenvalue weighted by Crippen LogP contribution is -2.44. The van der Waals surface area contributed by atoms with E-state index in [1.54, 1.807) is 6.07 Å². The van der Waals surface area contributed by atoms with Crippen molar-refractivity contribution < 1.29 is 22.7 Å². The smallest absolute Gasteiger partial charge is 0.243 e. The van der Waals surface area contributed by atoms with Crippen molar-refractivity contribution in [1.29, 1.82) is 0 Å². The van der Waals surface area contributed by atoms with E-state index in [9.17, 15) is 13.2 Å². The third-order valence-corrected chi connectivity index (χ3v) is 6.85. The highest BCUT2D eigenvalue weighted by Crippen LogP contribution is 2.33. The number of nitrogens with zero attached hydrogens (tertiary/aromatic N) is 1. The van der Waals surface area contributed by atoms with Gasteiger partial charge in [-0.1, -0.05) is 44.2 Å². The van der Waals surface area contributed by atoms with Crippen LogP contribution in [-0.2, 0) is 21.4 Å². The predicted molar refractivity (Wildman–Crippen MR) is 114 cm³/mol. The van der Waals surface area contributed by atoms with E-state index in [2.05, 4.69) is 5.32 Å². The molecule has 0 aromatic heterocycles. The highest BCUT2D eigenvalue weighted by atomic mass is 32.2. The fourth-order valence-electron chi connectivity index (χ4n) is 2.97. The minimum atomic E-state index is -3.95. The molecule has 1 heterocycles. The predicted octanol–water partition coefficient (Wildman–Crippen LogP) is 2.81. The van der Waals surface area contributed by atoms with Gasteiger partial charge in [-0.05, 0) is 30.5 Å². The number of amides is 1. The Hall–Kier alpha value is -2.58. The summed E-state index contributed by atoms with van der Waals surface area (Å²) in [6, 6.07) is 13.7. The molecule has 162 valence electrons. The van der Waals surface area contributed by atoms with Crippen LogP contribution in [0.25, 0.3) is 0 Å². The standard InChI is InChI=1S/C22H28N2O5S/c1-16(2)17(3)23-22(25)15-24(14-18-7-5-4-6-8-18)30(26,27)19-9-10-20-21(13-19)29-12-11-28-20/h4-10,13,16-17H,11-12,14-15H2,1-3H3,(H,23,25)/t17-/m0/s1. The lowest BCUT2D eigenvalue weighted by atomic mass is 10.1. The third kappa shape index (κ3) is 5.31. The number of sulfonamides is 1. The lowest BCUT2D eigenvalue weighted by Gasteiger charge is -2.25. The van der Waals surface area contributed by atoms with Gasteiger partial charge in [0.15, 0.2) is 11.5 Å². The van der Waals surface area contributed by atoms with Gasteiger partial charge >= 0.3 is 0 Å². The molecular formula is C22H28N2O5S. The van der Waals surface area contributed by atoms with Crippen LogP contribution in [0.1, 0.15) is 26.3 Å². The summed E-state index contributed by atoms with van der Waals surface area (Å²) >= 11 is 0. The number of fused-ring (bicyclic) bond motifs is 1. The largest absolute Gasteiger partial charge is 0.486 e. The molecule has 1 aliphatic rings. The Morgan fingerprint density at radius 1 is 1.03 bits per heavy atom. The SMILES string of the molecule is CC(C)[C@H](C)NC(=O)CN(Cc1ccccc1)S(=O)(=O)c1ccc2c(c1)OCCO2. The zero-order chi connectivity index (χ0) is 21.7. The molecule has 0 unspecified atom stereocenters. The summed E-state index contributed by atoms with van der Waals surface area (Å²) in [7, 11) is -3.95. The molecule has 7 nitrogen and oxygen atoms in total. The Morgan fingerprint density at radius 3 is 2.37 bits per heavy atom. The van der Waals surface area contributed by atoms with Crippen molar-refractivity contribution in [3.8, 4) is 11.5 Å². The fraction of sp³-hybridized carbons (Fsp3) is 0.409. The van der Waals surface area contributed by atoms with E-state index in [-0.39, 0.29) is 35.9 Å². The normalized spacial score (nSPS) is 14.6. The average Bonchev–Trinajstić information content (AvgIpc) is 2.73. The van der Waals surface area contributed by atoms with Crippen molar-refractivity contribution in [2.45, 2.75) is 38.3 Å². The molecule has 8 heteroatoms. The minimum absolute atomic E-state index is 0.0620. The first kappa shape index (κ1) is 22.1. The molecule has 0 radical (unpaired) electrons. The maximum Gasteiger partial charge on any atom is 0.243 e. The summed E-state index contributed by atoms with van der Waals surface area (Å²) in [5, 5.41) is 2.88. The summed E-state index contributed by atoms with van der Waals surface area (Å²) in [4.78, 5) is 12.7. The van der Waals surface area contributed by atoms with Crippen LogP contribution in [0.5, 0.6) is 11.5 Å². The van der Waals surface area contributed by atoms with E-state index >= 15 is 0 Å². The highest BCUT2D eigenvalue weighted by molar-refractivity contribution is 7.89. The second-order valence-corrected chi connectivity index (χ2v) is 9.60. The van der Waals surface area contributed by atoms with Gasteiger partial charge in [-0.3, -0.25) is 4.79 Å². The van der Waals surface area contributed by atoms with Crippen molar-refractivity contribution in [3.63, 3.8) is 0 Å². The van der Waals surface area contributed by atoms with E-state index in [0.29, 0.717) is 24.7 Å².